The summed E-state index contributed by atoms with van der Waals surface area (Å²) < 4.78 is 46.7. The van der Waals surface area contributed by atoms with Gasteiger partial charge in [-0.25, -0.2) is 18.4 Å². The van der Waals surface area contributed by atoms with Crippen LogP contribution in [0.3, 0.4) is 0 Å². The maximum atomic E-state index is 14.6. The fourth-order valence-electron chi connectivity index (χ4n) is 6.02. The smallest absolute Gasteiger partial charge is 0.410 e. The van der Waals surface area contributed by atoms with Crippen LogP contribution >= 0.6 is 11.6 Å². The zero-order valence-corrected chi connectivity index (χ0v) is 30.0. The monoisotopic (exact) mass is 719 g/mol. The number of benzene rings is 1. The maximum Gasteiger partial charge on any atom is 0.410 e. The first-order chi connectivity index (χ1) is 23.4. The van der Waals surface area contributed by atoms with E-state index in [0.29, 0.717) is 12.8 Å². The quantitative estimate of drug-likeness (QED) is 0.147. The van der Waals surface area contributed by atoms with Gasteiger partial charge in [0, 0.05) is 42.6 Å². The number of aromatic nitrogens is 2. The molecule has 4 rings (SSSR count). The Balaban J connectivity index is 1.59. The highest BCUT2D eigenvalue weighted by atomic mass is 35.5. The zero-order valence-electron chi connectivity index (χ0n) is 29.3. The van der Waals surface area contributed by atoms with Gasteiger partial charge in [0.15, 0.2) is 0 Å². The Morgan fingerprint density at radius 2 is 1.90 bits per heavy atom. The third-order valence-corrected chi connectivity index (χ3v) is 8.86. The maximum absolute atomic E-state index is 14.6. The third-order valence-electron chi connectivity index (χ3n) is 8.54. The number of rotatable bonds is 10. The van der Waals surface area contributed by atoms with Crippen molar-refractivity contribution in [2.75, 3.05) is 20.1 Å². The molecule has 2 aliphatic rings. The lowest BCUT2D eigenvalue weighted by molar-refractivity contribution is -0.149. The van der Waals surface area contributed by atoms with Crippen LogP contribution in [-0.2, 0) is 19.8 Å². The molecule has 2 aromatic rings. The van der Waals surface area contributed by atoms with E-state index in [1.54, 1.807) is 34.7 Å². The average Bonchev–Trinajstić information content (AvgIpc) is 3.36. The van der Waals surface area contributed by atoms with Crippen LogP contribution in [-0.4, -0.2) is 93.9 Å². The summed E-state index contributed by atoms with van der Waals surface area (Å²) in [6.07, 6.45) is -1.46. The van der Waals surface area contributed by atoms with Crippen LogP contribution in [0.25, 0.3) is 0 Å². The third kappa shape index (κ3) is 9.48. The standard InChI is InChI=1S/C34H44ClF2N7O6/c1-19(25-15-20(36)18-43(25)7)47-26-17-27(48-22-12-14-44(21(16-22)11-13-38)32(46)49-33(2,3)4)41-30(40-26)29(39)42-50-31(45)34(5,6)28-23(35)9-8-10-24(28)37/h8-10,17,19-22,25H,11-12,14-16,18H2,1-7H3,(H2,39,42)/t19-,20+,21+,22-,25-/m0/s1. The number of ether oxygens (including phenoxy) is 3. The van der Waals surface area contributed by atoms with Gasteiger partial charge in [0.25, 0.3) is 0 Å². The fourth-order valence-corrected chi connectivity index (χ4v) is 6.42. The number of nitriles is 1. The van der Waals surface area contributed by atoms with Crippen molar-refractivity contribution in [2.45, 2.75) is 109 Å². The number of amides is 1. The van der Waals surface area contributed by atoms with Gasteiger partial charge in [0.2, 0.25) is 23.4 Å². The van der Waals surface area contributed by atoms with E-state index >= 15 is 0 Å². The van der Waals surface area contributed by atoms with Crippen LogP contribution < -0.4 is 15.2 Å². The van der Waals surface area contributed by atoms with Crippen LogP contribution in [0.2, 0.25) is 5.02 Å². The van der Waals surface area contributed by atoms with Crippen molar-refractivity contribution in [3.05, 3.63) is 46.5 Å². The van der Waals surface area contributed by atoms with Gasteiger partial charge < -0.3 is 29.7 Å². The average molecular weight is 720 g/mol. The minimum absolute atomic E-state index is 0.0360. The molecule has 0 aliphatic carbocycles. The SMILES string of the molecule is C[C@H](Oc1cc(O[C@H]2CCN(C(=O)OC(C)(C)C)[C@H](CC#N)C2)nc(C(N)=NOC(=O)C(C)(C)c2c(F)cccc2Cl)n1)[C@@H]1C[C@@H](F)CN1C. The Morgan fingerprint density at radius 1 is 1.20 bits per heavy atom. The Hall–Kier alpha value is -4.29. The molecule has 0 unspecified atom stereocenters. The number of hydrogen-bond donors (Lipinski definition) is 1. The first-order valence-corrected chi connectivity index (χ1v) is 16.7. The summed E-state index contributed by atoms with van der Waals surface area (Å²) in [6.45, 7) is 10.5. The van der Waals surface area contributed by atoms with E-state index in [9.17, 15) is 23.6 Å². The summed E-state index contributed by atoms with van der Waals surface area (Å²) in [4.78, 5) is 43.2. The molecular weight excluding hydrogens is 676 g/mol. The van der Waals surface area contributed by atoms with Crippen molar-refractivity contribution < 1.29 is 37.4 Å². The number of nitrogens with two attached hydrogens (primary N) is 1. The number of likely N-dealkylation sites (N-methyl/N-ethyl adjacent to an activating group) is 1. The zero-order chi connectivity index (χ0) is 37.0. The Bertz CT molecular complexity index is 1610. The molecular formula is C34H44ClF2N7O6. The molecule has 5 atom stereocenters. The van der Waals surface area contributed by atoms with Gasteiger partial charge in [-0.2, -0.15) is 15.2 Å². The molecule has 0 spiro atoms. The summed E-state index contributed by atoms with van der Waals surface area (Å²) in [5, 5.41) is 13.3. The second kappa shape index (κ2) is 15.7. The van der Waals surface area contributed by atoms with Gasteiger partial charge in [-0.3, -0.25) is 4.90 Å². The molecule has 0 saturated carbocycles. The van der Waals surface area contributed by atoms with Crippen molar-refractivity contribution in [1.29, 1.82) is 5.26 Å². The second-order valence-electron chi connectivity index (χ2n) is 14.1. The van der Waals surface area contributed by atoms with Crippen LogP contribution in [0.1, 0.15) is 78.6 Å². The van der Waals surface area contributed by atoms with Crippen molar-refractivity contribution >= 4 is 29.5 Å². The first kappa shape index (κ1) is 38.5. The summed E-state index contributed by atoms with van der Waals surface area (Å²) in [5.41, 5.74) is 3.87. The predicted octanol–water partition coefficient (Wildman–Crippen LogP) is 5.28. The Kier molecular flexibility index (Phi) is 12.1. The van der Waals surface area contributed by atoms with Crippen LogP contribution in [0.4, 0.5) is 13.6 Å². The van der Waals surface area contributed by atoms with Gasteiger partial charge in [-0.1, -0.05) is 22.8 Å². The van der Waals surface area contributed by atoms with Gasteiger partial charge in [-0.05, 0) is 67.1 Å². The lowest BCUT2D eigenvalue weighted by Gasteiger charge is -2.38. The number of carbonyl (C=O) groups is 2. The van der Waals surface area contributed by atoms with Crippen LogP contribution in [0, 0.1) is 17.1 Å². The second-order valence-corrected chi connectivity index (χ2v) is 14.5. The van der Waals surface area contributed by atoms with E-state index in [1.807, 2.05) is 4.90 Å². The highest BCUT2D eigenvalue weighted by molar-refractivity contribution is 6.31. The van der Waals surface area contributed by atoms with E-state index < -0.39 is 59.2 Å². The van der Waals surface area contributed by atoms with Gasteiger partial charge in [0.1, 0.15) is 29.8 Å². The van der Waals surface area contributed by atoms with Crippen molar-refractivity contribution in [3.8, 4) is 17.8 Å². The molecule has 1 aromatic heterocycles. The van der Waals surface area contributed by atoms with E-state index in [1.165, 1.54) is 43.0 Å². The van der Waals surface area contributed by atoms with E-state index in [0.717, 1.165) is 0 Å². The molecule has 272 valence electrons. The van der Waals surface area contributed by atoms with Crippen molar-refractivity contribution in [2.24, 2.45) is 10.9 Å². The number of likely N-dealkylation sites (tertiary alicyclic amines) is 2. The number of hydrogen-bond acceptors (Lipinski definition) is 11. The van der Waals surface area contributed by atoms with Crippen LogP contribution in [0.15, 0.2) is 29.4 Å². The number of oxime groups is 1. The Labute approximate surface area is 295 Å². The first-order valence-electron chi connectivity index (χ1n) is 16.3. The van der Waals surface area contributed by atoms with Crippen molar-refractivity contribution in [1.82, 2.24) is 19.8 Å². The highest BCUT2D eigenvalue weighted by Crippen LogP contribution is 2.34. The lowest BCUT2D eigenvalue weighted by atomic mass is 9.84. The number of nitrogens with zero attached hydrogens (tertiary/aromatic N) is 6. The summed E-state index contributed by atoms with van der Waals surface area (Å²) in [7, 11) is 1.81. The normalized spacial score (nSPS) is 22.4. The molecule has 1 aromatic carbocycles. The molecule has 16 heteroatoms. The number of alkyl halides is 1. The fraction of sp³-hybridized carbons (Fsp3) is 0.588. The largest absolute Gasteiger partial charge is 0.474 e. The summed E-state index contributed by atoms with van der Waals surface area (Å²) >= 11 is 6.19. The highest BCUT2D eigenvalue weighted by Gasteiger charge is 2.38. The van der Waals surface area contributed by atoms with Gasteiger partial charge in [-0.15, -0.1) is 0 Å². The van der Waals surface area contributed by atoms with Gasteiger partial charge in [0.05, 0.1) is 30.0 Å². The molecule has 2 saturated heterocycles. The Morgan fingerprint density at radius 3 is 2.52 bits per heavy atom. The number of amidine groups is 1. The lowest BCUT2D eigenvalue weighted by Crippen LogP contribution is -2.50. The molecule has 0 radical (unpaired) electrons. The van der Waals surface area contributed by atoms with E-state index in [4.69, 9.17) is 36.4 Å². The molecule has 2 N–H and O–H groups in total. The minimum atomic E-state index is -1.54. The molecule has 3 heterocycles. The molecule has 2 fully saturated rings. The predicted molar refractivity (Wildman–Crippen MR) is 180 cm³/mol. The summed E-state index contributed by atoms with van der Waals surface area (Å²) in [5.74, 6) is -2.19. The molecule has 50 heavy (non-hydrogen) atoms. The topological polar surface area (TPSA) is 165 Å². The number of carbonyl (C=O) groups excluding carboxylic acids is 2. The van der Waals surface area contributed by atoms with E-state index in [-0.39, 0.29) is 60.1 Å². The molecule has 1 amide bonds. The molecule has 13 nitrogen and oxygen atoms in total. The van der Waals surface area contributed by atoms with Crippen molar-refractivity contribution in [3.63, 3.8) is 0 Å². The van der Waals surface area contributed by atoms with Gasteiger partial charge >= 0.3 is 12.1 Å². The van der Waals surface area contributed by atoms with E-state index in [2.05, 4.69) is 21.2 Å². The summed E-state index contributed by atoms with van der Waals surface area (Å²) in [6, 6.07) is 6.90. The minimum Gasteiger partial charge on any atom is -0.474 e. The number of piperidine rings is 1. The number of halogens is 3. The molecule has 0 bridgehead atoms. The molecule has 2 aliphatic heterocycles. The van der Waals surface area contributed by atoms with Crippen LogP contribution in [0.5, 0.6) is 11.8 Å².